The Bertz CT molecular complexity index is 1460. The predicted molar refractivity (Wildman–Crippen MR) is 154 cm³/mol. The molecule has 3 aromatic rings. The summed E-state index contributed by atoms with van der Waals surface area (Å²) in [6.45, 7) is -0.937. The molecule has 15 heteroatoms. The molecule has 43 heavy (non-hydrogen) atoms. The molecule has 3 rings (SSSR count). The molecule has 232 valence electrons. The van der Waals surface area contributed by atoms with E-state index in [1.165, 1.54) is 12.1 Å². The average molecular weight is 625 g/mol. The Balaban J connectivity index is 1.54. The van der Waals surface area contributed by atoms with E-state index in [1.54, 1.807) is 66.7 Å². The maximum atomic E-state index is 12.8. The van der Waals surface area contributed by atoms with Gasteiger partial charge < -0.3 is 30.5 Å². The number of benzene rings is 3. The van der Waals surface area contributed by atoms with Crippen LogP contribution in [0.5, 0.6) is 5.75 Å². The van der Waals surface area contributed by atoms with Crippen LogP contribution in [0.25, 0.3) is 0 Å². The Morgan fingerprint density at radius 1 is 0.907 bits per heavy atom. The van der Waals surface area contributed by atoms with Gasteiger partial charge in [0.1, 0.15) is 18.5 Å². The van der Waals surface area contributed by atoms with Crippen molar-refractivity contribution in [3.63, 3.8) is 0 Å². The molecule has 2 amide bonds. The van der Waals surface area contributed by atoms with Crippen molar-refractivity contribution in [2.45, 2.75) is 24.7 Å². The number of halogens is 3. The normalized spacial score (nSPS) is 13.0. The van der Waals surface area contributed by atoms with Crippen molar-refractivity contribution in [2.75, 3.05) is 41.4 Å². The maximum Gasteiger partial charge on any atom is 0.490 e. The van der Waals surface area contributed by atoms with Crippen LogP contribution in [0.3, 0.4) is 0 Å². The number of urea groups is 1. The second-order valence-corrected chi connectivity index (χ2v) is 11.1. The minimum atomic E-state index is -5.17. The number of hydrogen-bond acceptors (Lipinski definition) is 8. The third-order valence-corrected chi connectivity index (χ3v) is 6.26. The number of anilines is 3. The van der Waals surface area contributed by atoms with Gasteiger partial charge in [0, 0.05) is 24.0 Å². The summed E-state index contributed by atoms with van der Waals surface area (Å²) in [6, 6.07) is 19.9. The highest BCUT2D eigenvalue weighted by atomic mass is 32.2. The van der Waals surface area contributed by atoms with Crippen molar-refractivity contribution in [1.29, 1.82) is 0 Å². The van der Waals surface area contributed by atoms with Crippen LogP contribution < -0.4 is 25.4 Å². The van der Waals surface area contributed by atoms with E-state index >= 15 is 0 Å². The molecule has 0 saturated carbocycles. The first kappa shape index (κ1) is 33.2. The molecule has 3 aromatic carbocycles. The highest BCUT2D eigenvalue weighted by Crippen LogP contribution is 2.19. The summed E-state index contributed by atoms with van der Waals surface area (Å²) in [5, 5.41) is 18.0. The first-order valence-corrected chi connectivity index (χ1v) is 14.7. The molecule has 11 nitrogen and oxygen atoms in total. The van der Waals surface area contributed by atoms with Gasteiger partial charge in [0.05, 0.1) is 18.6 Å². The fourth-order valence-electron chi connectivity index (χ4n) is 3.73. The van der Waals surface area contributed by atoms with Crippen molar-refractivity contribution < 1.29 is 45.8 Å². The molecule has 0 spiro atoms. The van der Waals surface area contributed by atoms with E-state index in [1.807, 2.05) is 0 Å². The summed E-state index contributed by atoms with van der Waals surface area (Å²) in [4.78, 5) is 23.8. The van der Waals surface area contributed by atoms with Gasteiger partial charge in [0.25, 0.3) is 0 Å². The number of aliphatic hydroxyl groups is 1. The molecule has 0 heterocycles. The summed E-state index contributed by atoms with van der Waals surface area (Å²) < 4.78 is 73.6. The number of carbonyl (C=O) groups is 2. The van der Waals surface area contributed by atoms with Crippen LogP contribution in [0.4, 0.5) is 35.0 Å². The molecule has 0 radical (unpaired) electrons. The third-order valence-electron chi connectivity index (χ3n) is 5.66. The summed E-state index contributed by atoms with van der Waals surface area (Å²) >= 11 is 0. The van der Waals surface area contributed by atoms with E-state index in [0.29, 0.717) is 17.1 Å². The zero-order valence-corrected chi connectivity index (χ0v) is 23.7. The number of para-hydroxylation sites is 1. The van der Waals surface area contributed by atoms with Crippen molar-refractivity contribution in [3.8, 4) is 5.75 Å². The number of hydrogen-bond donors (Lipinski definition) is 5. The van der Waals surface area contributed by atoms with Gasteiger partial charge in [-0.1, -0.05) is 36.4 Å². The van der Waals surface area contributed by atoms with Crippen molar-refractivity contribution >= 4 is 39.1 Å². The quantitative estimate of drug-likeness (QED) is 0.170. The highest BCUT2D eigenvalue weighted by molar-refractivity contribution is 7.92. The maximum absolute atomic E-state index is 12.8. The van der Waals surface area contributed by atoms with Crippen LogP contribution in [0.2, 0.25) is 0 Å². The summed E-state index contributed by atoms with van der Waals surface area (Å²) in [5.74, 6) is -1.96. The second kappa shape index (κ2) is 15.2. The zero-order chi connectivity index (χ0) is 31.5. The number of nitrogens with one attached hydrogen (secondary N) is 4. The Morgan fingerprint density at radius 2 is 1.56 bits per heavy atom. The molecule has 0 aliphatic rings. The number of amides is 2. The molecular formula is C28H31F3N4O7S. The molecular weight excluding hydrogens is 593 g/mol. The topological polar surface area (TPSA) is 155 Å². The molecule has 0 unspecified atom stereocenters. The molecule has 0 aromatic heterocycles. The Hall–Kier alpha value is -4.34. The number of sulfonamides is 1. The lowest BCUT2D eigenvalue weighted by molar-refractivity contribution is -0.205. The molecule has 0 bridgehead atoms. The average Bonchev–Trinajstić information content (AvgIpc) is 2.93. The largest absolute Gasteiger partial charge is 0.490 e. The summed E-state index contributed by atoms with van der Waals surface area (Å²) in [6.07, 6.45) is -5.19. The molecule has 0 aliphatic heterocycles. The van der Waals surface area contributed by atoms with E-state index in [-0.39, 0.29) is 31.9 Å². The lowest BCUT2D eigenvalue weighted by Crippen LogP contribution is -2.44. The van der Waals surface area contributed by atoms with Crippen molar-refractivity contribution in [1.82, 2.24) is 5.32 Å². The standard InChI is InChI=1S/C28H31F3N4O7S/c1-43(39,40)35-22-7-5-6-21(15-22)34-27(38)33-20-12-10-19(11-13-20)14-23(17-36)32-16-25(42-26(37)28(29,30)31)18-41-24-8-3-2-4-9-24/h2-13,15,23,25,32,35-36H,14,16-18H2,1H3,(H2,33,34,38)/t23-,25-/m0/s1. The van der Waals surface area contributed by atoms with Gasteiger partial charge in [-0.15, -0.1) is 0 Å². The number of rotatable bonds is 14. The number of carbonyl (C=O) groups excluding carboxylic acids is 2. The van der Waals surface area contributed by atoms with E-state index in [2.05, 4.69) is 25.4 Å². The van der Waals surface area contributed by atoms with Gasteiger partial charge >= 0.3 is 18.2 Å². The lowest BCUT2D eigenvalue weighted by Gasteiger charge is -2.23. The van der Waals surface area contributed by atoms with Crippen LogP contribution in [0.1, 0.15) is 5.56 Å². The second-order valence-electron chi connectivity index (χ2n) is 9.37. The van der Waals surface area contributed by atoms with Crippen LogP contribution >= 0.6 is 0 Å². The van der Waals surface area contributed by atoms with Crippen LogP contribution in [-0.4, -0.2) is 69.9 Å². The Labute approximate surface area is 246 Å². The molecule has 0 aliphatic carbocycles. The molecule has 2 atom stereocenters. The molecule has 0 saturated heterocycles. The van der Waals surface area contributed by atoms with Crippen LogP contribution in [0, 0.1) is 0 Å². The smallest absolute Gasteiger partial charge is 0.490 e. The van der Waals surface area contributed by atoms with E-state index in [9.17, 15) is 36.3 Å². The van der Waals surface area contributed by atoms with Crippen LogP contribution in [-0.2, 0) is 26.0 Å². The Morgan fingerprint density at radius 3 is 2.19 bits per heavy atom. The first-order valence-electron chi connectivity index (χ1n) is 12.9. The number of alkyl halides is 3. The van der Waals surface area contributed by atoms with Gasteiger partial charge in [-0.05, 0) is 54.4 Å². The molecule has 0 fully saturated rings. The number of aliphatic hydroxyl groups excluding tert-OH is 1. The van der Waals surface area contributed by atoms with Gasteiger partial charge in [-0.3, -0.25) is 4.72 Å². The SMILES string of the molecule is CS(=O)(=O)Nc1cccc(NC(=O)Nc2ccc(C[C@@H](CO)NC[C@@H](COc3ccccc3)OC(=O)C(F)(F)F)cc2)c1. The van der Waals surface area contributed by atoms with Crippen LogP contribution in [0.15, 0.2) is 78.9 Å². The van der Waals surface area contributed by atoms with Crippen molar-refractivity contribution in [2.24, 2.45) is 0 Å². The van der Waals surface area contributed by atoms with E-state index < -0.39 is 40.3 Å². The van der Waals surface area contributed by atoms with E-state index in [0.717, 1.165) is 11.8 Å². The fourth-order valence-corrected chi connectivity index (χ4v) is 4.29. The zero-order valence-electron chi connectivity index (χ0n) is 22.9. The third kappa shape index (κ3) is 12.2. The monoisotopic (exact) mass is 624 g/mol. The lowest BCUT2D eigenvalue weighted by atomic mass is 10.1. The Kier molecular flexibility index (Phi) is 11.7. The number of ether oxygens (including phenoxy) is 2. The summed E-state index contributed by atoms with van der Waals surface area (Å²) in [7, 11) is -3.48. The molecule has 5 N–H and O–H groups in total. The van der Waals surface area contributed by atoms with Gasteiger partial charge in [0.15, 0.2) is 0 Å². The summed E-state index contributed by atoms with van der Waals surface area (Å²) in [5.41, 5.74) is 1.82. The number of esters is 1. The highest BCUT2D eigenvalue weighted by Gasteiger charge is 2.42. The van der Waals surface area contributed by atoms with E-state index in [4.69, 9.17) is 4.74 Å². The predicted octanol–water partition coefficient (Wildman–Crippen LogP) is 3.75. The van der Waals surface area contributed by atoms with Gasteiger partial charge in [0.2, 0.25) is 10.0 Å². The minimum absolute atomic E-state index is 0.222. The van der Waals surface area contributed by atoms with Gasteiger partial charge in [-0.2, -0.15) is 13.2 Å². The van der Waals surface area contributed by atoms with Gasteiger partial charge in [-0.25, -0.2) is 18.0 Å². The first-order chi connectivity index (χ1) is 20.3. The fraction of sp³-hybridized carbons (Fsp3) is 0.286. The van der Waals surface area contributed by atoms with Crippen molar-refractivity contribution in [3.05, 3.63) is 84.4 Å². The minimum Gasteiger partial charge on any atom is -0.490 e.